The summed E-state index contributed by atoms with van der Waals surface area (Å²) in [4.78, 5) is 36.8. The van der Waals surface area contributed by atoms with Gasteiger partial charge >= 0.3 is 5.97 Å². The molecule has 2 amide bonds. The summed E-state index contributed by atoms with van der Waals surface area (Å²) in [5, 5.41) is 5.01. The van der Waals surface area contributed by atoms with Crippen LogP contribution >= 0.6 is 0 Å². The Morgan fingerprint density at radius 3 is 2.50 bits per heavy atom. The number of nitrogens with one attached hydrogen (secondary N) is 2. The molecule has 1 atom stereocenters. The van der Waals surface area contributed by atoms with Crippen molar-refractivity contribution in [2.24, 2.45) is 0 Å². The second kappa shape index (κ2) is 11.2. The number of sulfonamides is 1. The van der Waals surface area contributed by atoms with E-state index in [1.807, 2.05) is 0 Å². The number of esters is 1. The molecule has 182 valence electrons. The van der Waals surface area contributed by atoms with Gasteiger partial charge < -0.3 is 20.1 Å². The molecule has 2 N–H and O–H groups in total. The van der Waals surface area contributed by atoms with Gasteiger partial charge in [0.1, 0.15) is 6.54 Å². The van der Waals surface area contributed by atoms with Crippen LogP contribution in [0.5, 0.6) is 0 Å². The first-order valence-electron chi connectivity index (χ1n) is 10.7. The van der Waals surface area contributed by atoms with Crippen molar-refractivity contribution in [3.05, 3.63) is 59.7 Å². The van der Waals surface area contributed by atoms with Gasteiger partial charge in [0.2, 0.25) is 10.0 Å². The lowest BCUT2D eigenvalue weighted by molar-refractivity contribution is -0.152. The summed E-state index contributed by atoms with van der Waals surface area (Å²) < 4.78 is 37.2. The van der Waals surface area contributed by atoms with E-state index in [9.17, 15) is 22.8 Å². The average molecular weight is 490 g/mol. The Hall–Kier alpha value is -3.28. The number of carbonyl (C=O) groups is 3. The highest BCUT2D eigenvalue weighted by atomic mass is 32.2. The van der Waals surface area contributed by atoms with Crippen molar-refractivity contribution in [1.82, 2.24) is 9.62 Å². The summed E-state index contributed by atoms with van der Waals surface area (Å²) in [6, 6.07) is 12.8. The lowest BCUT2D eigenvalue weighted by Gasteiger charge is -2.26. The standard InChI is InChI=1S/C23H27N3O7S/c1-16-6-3-4-9-20(16)23(29)24-15-21(27)33-17(2)22(28)25-18-7-5-8-19(14-18)34(30,31)26-10-12-32-13-11-26/h3-9,14,17H,10-13,15H2,1-2H3,(H,24,29)(H,25,28)/t17-/m0/s1. The van der Waals surface area contributed by atoms with E-state index in [4.69, 9.17) is 9.47 Å². The van der Waals surface area contributed by atoms with E-state index in [2.05, 4.69) is 10.6 Å². The molecule has 0 radical (unpaired) electrons. The Morgan fingerprint density at radius 1 is 1.09 bits per heavy atom. The zero-order chi connectivity index (χ0) is 24.7. The third kappa shape index (κ3) is 6.40. The van der Waals surface area contributed by atoms with Crippen LogP contribution in [0.15, 0.2) is 53.4 Å². The third-order valence-electron chi connectivity index (χ3n) is 5.17. The number of amides is 2. The summed E-state index contributed by atoms with van der Waals surface area (Å²) in [6.45, 7) is 3.91. The highest BCUT2D eigenvalue weighted by Gasteiger charge is 2.27. The quantitative estimate of drug-likeness (QED) is 0.535. The fraction of sp³-hybridized carbons (Fsp3) is 0.348. The number of rotatable bonds is 8. The Kier molecular flexibility index (Phi) is 8.37. The third-order valence-corrected chi connectivity index (χ3v) is 7.06. The number of aryl methyl sites for hydroxylation is 1. The zero-order valence-electron chi connectivity index (χ0n) is 18.9. The van der Waals surface area contributed by atoms with Crippen LogP contribution < -0.4 is 10.6 Å². The number of benzene rings is 2. The SMILES string of the molecule is Cc1ccccc1C(=O)NCC(=O)O[C@@H](C)C(=O)Nc1cccc(S(=O)(=O)N2CCOCC2)c1. The Bertz CT molecular complexity index is 1160. The molecular formula is C23H27N3O7S. The van der Waals surface area contributed by atoms with E-state index in [-0.39, 0.29) is 23.7 Å². The lowest BCUT2D eigenvalue weighted by atomic mass is 10.1. The van der Waals surface area contributed by atoms with Gasteiger partial charge in [0.25, 0.3) is 11.8 Å². The topological polar surface area (TPSA) is 131 Å². The fourth-order valence-corrected chi connectivity index (χ4v) is 4.74. The molecule has 2 aromatic carbocycles. The number of anilines is 1. The van der Waals surface area contributed by atoms with Crippen molar-refractivity contribution in [3.8, 4) is 0 Å². The molecule has 1 heterocycles. The van der Waals surface area contributed by atoms with E-state index in [1.54, 1.807) is 31.2 Å². The highest BCUT2D eigenvalue weighted by molar-refractivity contribution is 7.89. The van der Waals surface area contributed by atoms with E-state index in [0.717, 1.165) is 5.56 Å². The van der Waals surface area contributed by atoms with Gasteiger partial charge in [0, 0.05) is 24.3 Å². The number of hydrogen-bond acceptors (Lipinski definition) is 7. The molecule has 1 aliphatic heterocycles. The van der Waals surface area contributed by atoms with E-state index < -0.39 is 40.5 Å². The molecule has 34 heavy (non-hydrogen) atoms. The Balaban J connectivity index is 1.54. The normalized spacial score (nSPS) is 15.2. The van der Waals surface area contributed by atoms with Crippen LogP contribution in [0.3, 0.4) is 0 Å². The van der Waals surface area contributed by atoms with Gasteiger partial charge in [-0.1, -0.05) is 24.3 Å². The minimum absolute atomic E-state index is 0.0377. The largest absolute Gasteiger partial charge is 0.451 e. The smallest absolute Gasteiger partial charge is 0.326 e. The molecule has 0 spiro atoms. The van der Waals surface area contributed by atoms with Crippen LogP contribution in [0.25, 0.3) is 0 Å². The molecule has 0 aliphatic carbocycles. The Morgan fingerprint density at radius 2 is 1.79 bits per heavy atom. The first-order valence-corrected chi connectivity index (χ1v) is 12.1. The molecule has 1 saturated heterocycles. The predicted molar refractivity (Wildman–Crippen MR) is 124 cm³/mol. The molecule has 1 aliphatic rings. The van der Waals surface area contributed by atoms with Crippen LogP contribution in [0.1, 0.15) is 22.8 Å². The van der Waals surface area contributed by atoms with Crippen molar-refractivity contribution < 1.29 is 32.3 Å². The van der Waals surface area contributed by atoms with E-state index in [1.165, 1.54) is 35.5 Å². The van der Waals surface area contributed by atoms with Crippen molar-refractivity contribution >= 4 is 33.5 Å². The first kappa shape index (κ1) is 25.3. The molecule has 0 bridgehead atoms. The van der Waals surface area contributed by atoms with Crippen molar-refractivity contribution in [3.63, 3.8) is 0 Å². The summed E-state index contributed by atoms with van der Waals surface area (Å²) in [7, 11) is -3.72. The van der Waals surface area contributed by atoms with Gasteiger partial charge in [-0.15, -0.1) is 0 Å². The van der Waals surface area contributed by atoms with Crippen LogP contribution in [-0.2, 0) is 29.1 Å². The molecule has 3 rings (SSSR count). The minimum atomic E-state index is -3.72. The minimum Gasteiger partial charge on any atom is -0.451 e. The van der Waals surface area contributed by atoms with Crippen LogP contribution in [0.4, 0.5) is 5.69 Å². The number of carbonyl (C=O) groups excluding carboxylic acids is 3. The molecule has 0 saturated carbocycles. The zero-order valence-corrected chi connectivity index (χ0v) is 19.8. The molecule has 11 heteroatoms. The Labute approximate surface area is 198 Å². The van der Waals surface area contributed by atoms with Gasteiger partial charge in [-0.2, -0.15) is 4.31 Å². The maximum atomic E-state index is 12.8. The molecule has 0 unspecified atom stereocenters. The van der Waals surface area contributed by atoms with Gasteiger partial charge in [0.15, 0.2) is 6.10 Å². The van der Waals surface area contributed by atoms with Gasteiger partial charge in [0.05, 0.1) is 18.1 Å². The van der Waals surface area contributed by atoms with Gasteiger partial charge in [-0.05, 0) is 43.7 Å². The van der Waals surface area contributed by atoms with E-state index in [0.29, 0.717) is 18.8 Å². The van der Waals surface area contributed by atoms with Crippen LogP contribution in [0.2, 0.25) is 0 Å². The number of nitrogens with zero attached hydrogens (tertiary/aromatic N) is 1. The second-order valence-electron chi connectivity index (χ2n) is 7.66. The number of ether oxygens (including phenoxy) is 2. The molecule has 1 fully saturated rings. The maximum Gasteiger partial charge on any atom is 0.326 e. The van der Waals surface area contributed by atoms with E-state index >= 15 is 0 Å². The molecule has 10 nitrogen and oxygen atoms in total. The maximum absolute atomic E-state index is 12.8. The van der Waals surface area contributed by atoms with Crippen molar-refractivity contribution in [2.45, 2.75) is 24.8 Å². The second-order valence-corrected chi connectivity index (χ2v) is 9.60. The summed E-state index contributed by atoms with van der Waals surface area (Å²) in [5.41, 5.74) is 1.45. The number of hydrogen-bond donors (Lipinski definition) is 2. The molecular weight excluding hydrogens is 462 g/mol. The first-order chi connectivity index (χ1) is 16.2. The molecule has 2 aromatic rings. The van der Waals surface area contributed by atoms with Crippen molar-refractivity contribution in [1.29, 1.82) is 0 Å². The molecule has 0 aromatic heterocycles. The highest BCUT2D eigenvalue weighted by Crippen LogP contribution is 2.21. The summed E-state index contributed by atoms with van der Waals surface area (Å²) in [6.07, 6.45) is -1.16. The van der Waals surface area contributed by atoms with Crippen LogP contribution in [-0.4, -0.2) is 69.5 Å². The summed E-state index contributed by atoms with van der Waals surface area (Å²) >= 11 is 0. The lowest BCUT2D eigenvalue weighted by Crippen LogP contribution is -2.40. The van der Waals surface area contributed by atoms with Gasteiger partial charge in [-0.25, -0.2) is 8.42 Å². The predicted octanol–water partition coefficient (Wildman–Crippen LogP) is 1.32. The monoisotopic (exact) mass is 489 g/mol. The van der Waals surface area contributed by atoms with Crippen molar-refractivity contribution in [2.75, 3.05) is 38.2 Å². The number of morpholine rings is 1. The fourth-order valence-electron chi connectivity index (χ4n) is 3.28. The van der Waals surface area contributed by atoms with Crippen LogP contribution in [0, 0.1) is 6.92 Å². The average Bonchev–Trinajstić information content (AvgIpc) is 2.83. The summed E-state index contributed by atoms with van der Waals surface area (Å²) in [5.74, 6) is -1.85. The van der Waals surface area contributed by atoms with Gasteiger partial charge in [-0.3, -0.25) is 14.4 Å².